The topological polar surface area (TPSA) is 98.8 Å². The number of urea groups is 2. The number of hydrogen-bond donors (Lipinski definition) is 3. The number of anilines is 4. The molecule has 0 aliphatic carbocycles. The molecule has 1 fully saturated rings. The number of benzene rings is 2. The van der Waals surface area contributed by atoms with Crippen LogP contribution in [0.15, 0.2) is 60.8 Å². The van der Waals surface area contributed by atoms with Gasteiger partial charge in [0.1, 0.15) is 17.4 Å². The first-order valence-electron chi connectivity index (χ1n) is 12.1. The highest BCUT2D eigenvalue weighted by molar-refractivity contribution is 6.00. The number of alkyl halides is 3. The summed E-state index contributed by atoms with van der Waals surface area (Å²) < 4.78 is 59.2. The highest BCUT2D eigenvalue weighted by atomic mass is 19.4. The Balaban J connectivity index is 1.30. The van der Waals surface area contributed by atoms with Crippen molar-refractivity contribution in [1.82, 2.24) is 9.88 Å². The van der Waals surface area contributed by atoms with Gasteiger partial charge < -0.3 is 30.5 Å². The van der Waals surface area contributed by atoms with Crippen molar-refractivity contribution in [1.29, 1.82) is 0 Å². The molecule has 2 heterocycles. The number of nitrogens with one attached hydrogen (secondary N) is 3. The number of hydrogen-bond acceptors (Lipinski definition) is 5. The Bertz CT molecular complexity index is 1310. The zero-order valence-corrected chi connectivity index (χ0v) is 20.9. The fraction of sp³-hybridized carbons (Fsp3) is 0.269. The van der Waals surface area contributed by atoms with Crippen LogP contribution >= 0.6 is 0 Å². The van der Waals surface area contributed by atoms with E-state index in [1.54, 1.807) is 36.4 Å². The van der Waals surface area contributed by atoms with Crippen LogP contribution in [0.25, 0.3) is 0 Å². The van der Waals surface area contributed by atoms with Gasteiger partial charge in [0.05, 0.1) is 35.4 Å². The van der Waals surface area contributed by atoms with Gasteiger partial charge in [-0.1, -0.05) is 18.2 Å². The first-order chi connectivity index (χ1) is 18.7. The summed E-state index contributed by atoms with van der Waals surface area (Å²) in [4.78, 5) is 32.5. The summed E-state index contributed by atoms with van der Waals surface area (Å²) in [5, 5.41) is 7.49. The minimum atomic E-state index is -4.81. The van der Waals surface area contributed by atoms with E-state index in [9.17, 15) is 27.2 Å². The monoisotopic (exact) mass is 546 g/mol. The number of amides is 4. The number of ether oxygens (including phenoxy) is 1. The van der Waals surface area contributed by atoms with Crippen LogP contribution < -0.4 is 25.6 Å². The van der Waals surface area contributed by atoms with Gasteiger partial charge in [-0.3, -0.25) is 0 Å². The molecule has 9 nitrogen and oxygen atoms in total. The predicted octanol–water partition coefficient (Wildman–Crippen LogP) is 5.64. The summed E-state index contributed by atoms with van der Waals surface area (Å²) in [7, 11) is 0. The molecule has 206 valence electrons. The number of rotatable bonds is 6. The molecular weight excluding hydrogens is 520 g/mol. The number of carbonyl (C=O) groups excluding carboxylic acids is 2. The first-order valence-corrected chi connectivity index (χ1v) is 12.1. The predicted molar refractivity (Wildman–Crippen MR) is 139 cm³/mol. The molecular formula is C26H26F4N6O3. The van der Waals surface area contributed by atoms with E-state index in [0.29, 0.717) is 48.7 Å². The van der Waals surface area contributed by atoms with Crippen molar-refractivity contribution in [3.63, 3.8) is 0 Å². The highest BCUT2D eigenvalue weighted by Gasteiger charge is 2.36. The van der Waals surface area contributed by atoms with E-state index in [1.807, 2.05) is 11.8 Å². The van der Waals surface area contributed by atoms with E-state index in [2.05, 4.69) is 20.9 Å². The van der Waals surface area contributed by atoms with Crippen molar-refractivity contribution < 1.29 is 31.9 Å². The summed E-state index contributed by atoms with van der Waals surface area (Å²) in [6.07, 6.45) is -3.33. The normalized spacial score (nSPS) is 13.6. The van der Waals surface area contributed by atoms with Gasteiger partial charge in [-0.25, -0.2) is 19.0 Å². The van der Waals surface area contributed by atoms with Gasteiger partial charge in [0.2, 0.25) is 0 Å². The Morgan fingerprint density at radius 2 is 1.69 bits per heavy atom. The van der Waals surface area contributed by atoms with Crippen LogP contribution in [0.2, 0.25) is 0 Å². The molecule has 1 aromatic heterocycles. The number of carbonyl (C=O) groups is 2. The van der Waals surface area contributed by atoms with Gasteiger partial charge in [0.15, 0.2) is 0 Å². The Morgan fingerprint density at radius 1 is 0.949 bits per heavy atom. The van der Waals surface area contributed by atoms with Crippen molar-refractivity contribution >= 4 is 34.9 Å². The Labute approximate surface area is 221 Å². The second-order valence-electron chi connectivity index (χ2n) is 8.48. The lowest BCUT2D eigenvalue weighted by Gasteiger charge is -2.35. The third kappa shape index (κ3) is 6.86. The van der Waals surface area contributed by atoms with E-state index in [-0.39, 0.29) is 13.1 Å². The molecule has 13 heteroatoms. The van der Waals surface area contributed by atoms with Crippen molar-refractivity contribution in [2.45, 2.75) is 13.1 Å². The molecule has 4 rings (SSSR count). The fourth-order valence-electron chi connectivity index (χ4n) is 4.00. The van der Waals surface area contributed by atoms with E-state index in [1.165, 1.54) is 11.1 Å². The Morgan fingerprint density at radius 3 is 2.36 bits per heavy atom. The Hall–Kier alpha value is -4.55. The van der Waals surface area contributed by atoms with Crippen LogP contribution in [0.1, 0.15) is 12.5 Å². The second kappa shape index (κ2) is 11.9. The smallest absolute Gasteiger partial charge is 0.418 e. The zero-order chi connectivity index (χ0) is 28.0. The lowest BCUT2D eigenvalue weighted by atomic mass is 10.1. The summed E-state index contributed by atoms with van der Waals surface area (Å²) in [5.74, 6) is -0.0239. The van der Waals surface area contributed by atoms with Gasteiger partial charge in [0, 0.05) is 26.2 Å². The van der Waals surface area contributed by atoms with Crippen LogP contribution in [-0.4, -0.2) is 54.7 Å². The molecule has 0 radical (unpaired) electrons. The summed E-state index contributed by atoms with van der Waals surface area (Å²) in [5.41, 5.74) is -1.17. The van der Waals surface area contributed by atoms with E-state index in [0.717, 1.165) is 12.1 Å². The van der Waals surface area contributed by atoms with Gasteiger partial charge in [0.25, 0.3) is 0 Å². The first kappa shape index (κ1) is 27.5. The minimum Gasteiger partial charge on any atom is -0.492 e. The van der Waals surface area contributed by atoms with Crippen molar-refractivity contribution in [3.05, 3.63) is 72.2 Å². The number of nitrogens with zero attached hydrogens (tertiary/aromatic N) is 3. The van der Waals surface area contributed by atoms with E-state index >= 15 is 0 Å². The molecule has 1 aliphatic heterocycles. The third-order valence-corrected chi connectivity index (χ3v) is 5.88. The van der Waals surface area contributed by atoms with Crippen LogP contribution in [0.4, 0.5) is 50.0 Å². The number of piperazine rings is 1. The second-order valence-corrected chi connectivity index (χ2v) is 8.48. The average molecular weight is 547 g/mol. The number of pyridine rings is 1. The minimum absolute atomic E-state index is 0.185. The fourth-order valence-corrected chi connectivity index (χ4v) is 4.00. The third-order valence-electron chi connectivity index (χ3n) is 5.88. The molecule has 1 aliphatic rings. The molecule has 0 unspecified atom stereocenters. The van der Waals surface area contributed by atoms with Gasteiger partial charge in [-0.15, -0.1) is 0 Å². The standard InChI is InChI=1S/C26H26F4N6O3/c1-2-39-21-9-4-3-8-20(21)33-24(37)32-17-10-11-22(31-16-17)35-12-14-36(15-13-35)25(38)34-23-18(26(28,29)30)6-5-7-19(23)27/h3-11,16H,2,12-15H2,1H3,(H,34,38)(H2,32,33,37). The summed E-state index contributed by atoms with van der Waals surface area (Å²) in [6, 6.07) is 11.6. The van der Waals surface area contributed by atoms with Crippen molar-refractivity contribution in [3.8, 4) is 5.75 Å². The van der Waals surface area contributed by atoms with Crippen LogP contribution in [0.5, 0.6) is 5.75 Å². The molecule has 2 aromatic carbocycles. The lowest BCUT2D eigenvalue weighted by molar-refractivity contribution is -0.137. The molecule has 0 saturated carbocycles. The number of aromatic nitrogens is 1. The maximum atomic E-state index is 14.1. The quantitative estimate of drug-likeness (QED) is 0.348. The Kier molecular flexibility index (Phi) is 8.37. The van der Waals surface area contributed by atoms with Gasteiger partial charge in [-0.05, 0) is 43.3 Å². The summed E-state index contributed by atoms with van der Waals surface area (Å²) in [6.45, 7) is 3.37. The SMILES string of the molecule is CCOc1ccccc1NC(=O)Nc1ccc(N2CCN(C(=O)Nc3c(F)cccc3C(F)(F)F)CC2)nc1. The number of para-hydroxylation sites is 3. The van der Waals surface area contributed by atoms with Crippen LogP contribution in [0.3, 0.4) is 0 Å². The molecule has 0 bridgehead atoms. The van der Waals surface area contributed by atoms with Gasteiger partial charge in [-0.2, -0.15) is 13.2 Å². The molecule has 1 saturated heterocycles. The van der Waals surface area contributed by atoms with Crippen molar-refractivity contribution in [2.24, 2.45) is 0 Å². The van der Waals surface area contributed by atoms with E-state index in [4.69, 9.17) is 4.74 Å². The molecule has 3 N–H and O–H groups in total. The largest absolute Gasteiger partial charge is 0.492 e. The molecule has 39 heavy (non-hydrogen) atoms. The lowest BCUT2D eigenvalue weighted by Crippen LogP contribution is -2.50. The van der Waals surface area contributed by atoms with Crippen LogP contribution in [-0.2, 0) is 6.18 Å². The van der Waals surface area contributed by atoms with Crippen molar-refractivity contribution in [2.75, 3.05) is 53.6 Å². The van der Waals surface area contributed by atoms with Crippen LogP contribution in [0, 0.1) is 5.82 Å². The zero-order valence-electron chi connectivity index (χ0n) is 20.9. The maximum Gasteiger partial charge on any atom is 0.418 e. The maximum absolute atomic E-state index is 14.1. The van der Waals surface area contributed by atoms with E-state index < -0.39 is 35.3 Å². The summed E-state index contributed by atoms with van der Waals surface area (Å²) >= 11 is 0. The molecule has 0 spiro atoms. The molecule has 3 aromatic rings. The number of halogens is 4. The average Bonchev–Trinajstić information content (AvgIpc) is 2.91. The van der Waals surface area contributed by atoms with Gasteiger partial charge >= 0.3 is 18.2 Å². The molecule has 0 atom stereocenters. The highest BCUT2D eigenvalue weighted by Crippen LogP contribution is 2.36. The molecule has 4 amide bonds.